The second kappa shape index (κ2) is 9.28. The number of ether oxygens (including phenoxy) is 2. The lowest BCUT2D eigenvalue weighted by atomic mass is 10.2. The molecule has 0 saturated carbocycles. The van der Waals surface area contributed by atoms with E-state index in [1.165, 1.54) is 0 Å². The Bertz CT molecular complexity index is 522. The van der Waals surface area contributed by atoms with E-state index in [0.717, 1.165) is 5.56 Å². The van der Waals surface area contributed by atoms with E-state index in [9.17, 15) is 19.2 Å². The van der Waals surface area contributed by atoms with Crippen LogP contribution in [0.15, 0.2) is 30.3 Å². The van der Waals surface area contributed by atoms with Gasteiger partial charge in [-0.05, 0) is 5.56 Å². The topological polar surface area (TPSA) is 107 Å². The molecule has 0 aromatic heterocycles. The van der Waals surface area contributed by atoms with Gasteiger partial charge in [0.05, 0.1) is 25.7 Å². The maximum absolute atomic E-state index is 11.0. The van der Waals surface area contributed by atoms with Crippen LogP contribution in [0, 0.1) is 0 Å². The summed E-state index contributed by atoms with van der Waals surface area (Å²) < 4.78 is 8.96. The van der Waals surface area contributed by atoms with Crippen LogP contribution in [0.5, 0.6) is 0 Å². The number of rotatable bonds is 5. The zero-order chi connectivity index (χ0) is 16.4. The number of carboxylic acid groups (broad SMARTS) is 1. The fourth-order valence-corrected chi connectivity index (χ4v) is 1.45. The van der Waals surface area contributed by atoms with Crippen LogP contribution in [0.25, 0.3) is 0 Å². The highest BCUT2D eigenvalue weighted by Gasteiger charge is 2.19. The van der Waals surface area contributed by atoms with E-state index in [1.807, 2.05) is 30.3 Å². The van der Waals surface area contributed by atoms with E-state index in [0.29, 0.717) is 0 Å². The second-order valence-electron chi connectivity index (χ2n) is 4.39. The molecule has 1 saturated heterocycles. The van der Waals surface area contributed by atoms with E-state index in [1.54, 1.807) is 0 Å². The summed E-state index contributed by atoms with van der Waals surface area (Å²) in [6.07, 6.45) is 0.257. The van der Waals surface area contributed by atoms with Gasteiger partial charge >= 0.3 is 23.9 Å². The first-order valence-electron chi connectivity index (χ1n) is 6.62. The summed E-state index contributed by atoms with van der Waals surface area (Å²) in [6.45, 7) is 0.194. The molecule has 0 radical (unpaired) electrons. The van der Waals surface area contributed by atoms with Gasteiger partial charge < -0.3 is 14.6 Å². The van der Waals surface area contributed by atoms with Gasteiger partial charge in [-0.1, -0.05) is 30.3 Å². The predicted octanol–water partition coefficient (Wildman–Crippen LogP) is 1.44. The molecule has 0 spiro atoms. The number of carbonyl (C=O) groups is 4. The molecular formula is C15H16O7. The van der Waals surface area contributed by atoms with Crippen molar-refractivity contribution in [2.45, 2.75) is 32.3 Å². The van der Waals surface area contributed by atoms with Gasteiger partial charge in [0.1, 0.15) is 6.61 Å². The third-order valence-electron chi connectivity index (χ3n) is 2.55. The van der Waals surface area contributed by atoms with Gasteiger partial charge in [-0.15, -0.1) is 0 Å². The zero-order valence-corrected chi connectivity index (χ0v) is 11.8. The summed E-state index contributed by atoms with van der Waals surface area (Å²) >= 11 is 0. The van der Waals surface area contributed by atoms with Crippen LogP contribution in [-0.4, -0.2) is 29.0 Å². The SMILES string of the molecule is O=C(O)CCC(=O)OCc1ccccc1.O=C1CCC(=O)O1. The molecule has 1 aliphatic heterocycles. The summed E-state index contributed by atoms with van der Waals surface area (Å²) in [7, 11) is 0. The average Bonchev–Trinajstić information content (AvgIpc) is 2.88. The molecule has 7 nitrogen and oxygen atoms in total. The fourth-order valence-electron chi connectivity index (χ4n) is 1.45. The molecule has 1 fully saturated rings. The molecule has 0 unspecified atom stereocenters. The van der Waals surface area contributed by atoms with Crippen LogP contribution in [0.3, 0.4) is 0 Å². The molecule has 0 atom stereocenters. The maximum atomic E-state index is 11.0. The molecule has 1 aromatic carbocycles. The smallest absolute Gasteiger partial charge is 0.314 e. The predicted molar refractivity (Wildman–Crippen MR) is 73.4 cm³/mol. The van der Waals surface area contributed by atoms with Crippen LogP contribution in [-0.2, 0) is 35.3 Å². The van der Waals surface area contributed by atoms with E-state index in [-0.39, 0.29) is 32.3 Å². The first-order chi connectivity index (χ1) is 10.5. The van der Waals surface area contributed by atoms with Crippen LogP contribution >= 0.6 is 0 Å². The molecule has 7 heteroatoms. The van der Waals surface area contributed by atoms with Gasteiger partial charge in [0.2, 0.25) is 0 Å². The zero-order valence-electron chi connectivity index (χ0n) is 11.8. The molecule has 1 aromatic rings. The first-order valence-corrected chi connectivity index (χ1v) is 6.62. The molecular weight excluding hydrogens is 292 g/mol. The van der Waals surface area contributed by atoms with E-state index in [4.69, 9.17) is 9.84 Å². The highest BCUT2D eigenvalue weighted by molar-refractivity contribution is 5.92. The van der Waals surface area contributed by atoms with E-state index in [2.05, 4.69) is 4.74 Å². The average molecular weight is 308 g/mol. The lowest BCUT2D eigenvalue weighted by Crippen LogP contribution is -2.07. The molecule has 0 aliphatic carbocycles. The van der Waals surface area contributed by atoms with E-state index >= 15 is 0 Å². The number of hydrogen-bond acceptors (Lipinski definition) is 6. The first kappa shape index (κ1) is 17.4. The summed E-state index contributed by atoms with van der Waals surface area (Å²) in [4.78, 5) is 41.2. The van der Waals surface area contributed by atoms with Crippen LogP contribution in [0.1, 0.15) is 31.2 Å². The Morgan fingerprint density at radius 3 is 2.09 bits per heavy atom. The monoisotopic (exact) mass is 308 g/mol. The van der Waals surface area contributed by atoms with Crippen molar-refractivity contribution in [2.75, 3.05) is 0 Å². The normalized spacial score (nSPS) is 12.9. The lowest BCUT2D eigenvalue weighted by molar-refractivity contribution is -0.152. The minimum Gasteiger partial charge on any atom is -0.481 e. The Labute approximate surface area is 126 Å². The molecule has 2 rings (SSSR count). The Morgan fingerprint density at radius 1 is 1.05 bits per heavy atom. The van der Waals surface area contributed by atoms with Crippen molar-refractivity contribution < 1.29 is 33.8 Å². The van der Waals surface area contributed by atoms with Crippen molar-refractivity contribution >= 4 is 23.9 Å². The number of esters is 3. The van der Waals surface area contributed by atoms with Gasteiger partial charge in [0.15, 0.2) is 0 Å². The Kier molecular flexibility index (Phi) is 7.32. The third-order valence-corrected chi connectivity index (χ3v) is 2.55. The highest BCUT2D eigenvalue weighted by atomic mass is 16.6. The molecule has 1 heterocycles. The van der Waals surface area contributed by atoms with E-state index < -0.39 is 23.9 Å². The van der Waals surface area contributed by atoms with Gasteiger partial charge in [-0.3, -0.25) is 19.2 Å². The highest BCUT2D eigenvalue weighted by Crippen LogP contribution is 2.04. The number of benzene rings is 1. The van der Waals surface area contributed by atoms with Crippen molar-refractivity contribution in [1.29, 1.82) is 0 Å². The van der Waals surface area contributed by atoms with Crippen LogP contribution in [0.2, 0.25) is 0 Å². The summed E-state index contributed by atoms with van der Waals surface area (Å²) in [5.74, 6) is -2.28. The quantitative estimate of drug-likeness (QED) is 0.648. The molecule has 118 valence electrons. The number of carboxylic acids is 1. The number of aliphatic carboxylic acids is 1. The molecule has 1 aliphatic rings. The van der Waals surface area contributed by atoms with Gasteiger partial charge in [0, 0.05) is 0 Å². The summed E-state index contributed by atoms with van der Waals surface area (Å²) in [5, 5.41) is 8.34. The van der Waals surface area contributed by atoms with Crippen molar-refractivity contribution in [1.82, 2.24) is 0 Å². The van der Waals surface area contributed by atoms with Crippen molar-refractivity contribution in [3.8, 4) is 0 Å². The molecule has 22 heavy (non-hydrogen) atoms. The molecule has 1 N–H and O–H groups in total. The van der Waals surface area contributed by atoms with Crippen LogP contribution in [0.4, 0.5) is 0 Å². The van der Waals surface area contributed by atoms with Gasteiger partial charge in [0.25, 0.3) is 0 Å². The maximum Gasteiger partial charge on any atom is 0.314 e. The minimum absolute atomic E-state index is 0.0812. The standard InChI is InChI=1S/C11H12O4.C4H4O3/c12-10(13)6-7-11(14)15-8-9-4-2-1-3-5-9;5-3-1-2-4(6)7-3/h1-5H,6-8H2,(H,12,13);1-2H2. The Hall–Kier alpha value is -2.70. The third kappa shape index (κ3) is 7.78. The summed E-state index contributed by atoms with van der Waals surface area (Å²) in [5.41, 5.74) is 0.890. The molecule has 0 bridgehead atoms. The second-order valence-corrected chi connectivity index (χ2v) is 4.39. The van der Waals surface area contributed by atoms with Crippen molar-refractivity contribution in [2.24, 2.45) is 0 Å². The number of cyclic esters (lactones) is 2. The summed E-state index contributed by atoms with van der Waals surface area (Å²) in [6, 6.07) is 9.24. The van der Waals surface area contributed by atoms with Crippen molar-refractivity contribution in [3.05, 3.63) is 35.9 Å². The molecule has 0 amide bonds. The largest absolute Gasteiger partial charge is 0.481 e. The van der Waals surface area contributed by atoms with Gasteiger partial charge in [-0.25, -0.2) is 0 Å². The number of carbonyl (C=O) groups excluding carboxylic acids is 3. The van der Waals surface area contributed by atoms with Crippen LogP contribution < -0.4 is 0 Å². The number of hydrogen-bond donors (Lipinski definition) is 1. The Morgan fingerprint density at radius 2 is 1.64 bits per heavy atom. The Balaban J connectivity index is 0.000000287. The minimum atomic E-state index is -0.994. The van der Waals surface area contributed by atoms with Gasteiger partial charge in [-0.2, -0.15) is 0 Å². The van der Waals surface area contributed by atoms with Crippen molar-refractivity contribution in [3.63, 3.8) is 0 Å². The fraction of sp³-hybridized carbons (Fsp3) is 0.333. The lowest BCUT2D eigenvalue weighted by Gasteiger charge is -2.03.